The maximum atomic E-state index is 12.6. The normalized spacial score (nSPS) is 14.3. The van der Waals surface area contributed by atoms with Crippen LogP contribution < -0.4 is 9.47 Å². The first-order valence-electron chi connectivity index (χ1n) is 23.3. The molecule has 0 N–H and O–H groups in total. The Bertz CT molecular complexity index is 2020. The van der Waals surface area contributed by atoms with E-state index >= 15 is 0 Å². The third-order valence-electron chi connectivity index (χ3n) is 9.75. The maximum Gasteiger partial charge on any atom is 0.324 e. The van der Waals surface area contributed by atoms with Gasteiger partial charge in [0.15, 0.2) is 53.2 Å². The fourth-order valence-electron chi connectivity index (χ4n) is 8.16. The Kier molecular flexibility index (Phi) is 21.3. The Morgan fingerprint density at radius 1 is 0.431 bits per heavy atom. The van der Waals surface area contributed by atoms with Crippen molar-refractivity contribution in [1.82, 2.24) is 0 Å². The van der Waals surface area contributed by atoms with Gasteiger partial charge in [0.05, 0.1) is 19.4 Å². The van der Waals surface area contributed by atoms with E-state index in [0.717, 1.165) is 36.4 Å². The first-order valence-corrected chi connectivity index (χ1v) is 45.7. The van der Waals surface area contributed by atoms with Crippen LogP contribution in [-0.4, -0.2) is 89.2 Å². The lowest BCUT2D eigenvalue weighted by Gasteiger charge is -2.38. The third-order valence-corrected chi connectivity index (χ3v) is 34.8. The van der Waals surface area contributed by atoms with Crippen LogP contribution in [0.2, 0.25) is 123 Å². The molecule has 2 atom stereocenters. The summed E-state index contributed by atoms with van der Waals surface area (Å²) in [6.07, 6.45) is 2.54. The summed E-state index contributed by atoms with van der Waals surface area (Å²) in [5.41, 5.74) is 4.05. The summed E-state index contributed by atoms with van der Waals surface area (Å²) < 4.78 is 38.4. The second kappa shape index (κ2) is 24.5. The maximum absolute atomic E-state index is 12.6. The summed E-state index contributed by atoms with van der Waals surface area (Å²) in [6, 6.07) is 35.6. The van der Waals surface area contributed by atoms with Gasteiger partial charge in [0.2, 0.25) is 0 Å². The van der Waals surface area contributed by atoms with E-state index in [-0.39, 0.29) is 11.6 Å². The summed E-state index contributed by atoms with van der Waals surface area (Å²) >= 11 is 0. The monoisotopic (exact) mass is 1010 g/mol. The van der Waals surface area contributed by atoms with Crippen molar-refractivity contribution in [2.75, 3.05) is 19.4 Å². The van der Waals surface area contributed by atoms with E-state index in [1.807, 2.05) is 109 Å². The predicted octanol–water partition coefficient (Wildman–Crippen LogP) is 14.2. The third kappa shape index (κ3) is 23.2. The van der Waals surface area contributed by atoms with Gasteiger partial charge in [-0.3, -0.25) is 9.59 Å². The molecule has 0 amide bonds. The molecule has 0 aromatic heterocycles. The molecule has 0 saturated carbocycles. The number of rotatable bonds is 25. The molecule has 0 fully saturated rings. The first-order chi connectivity index (χ1) is 29.9. The van der Waals surface area contributed by atoms with Crippen LogP contribution in [0.25, 0.3) is 0 Å². The zero-order valence-corrected chi connectivity index (χ0v) is 49.8. The molecule has 0 aliphatic carbocycles. The van der Waals surface area contributed by atoms with Gasteiger partial charge in [0.25, 0.3) is 0 Å². The fraction of sp³-hybridized carbons (Fsp3) is 0.480. The molecule has 0 bridgehead atoms. The lowest BCUT2D eigenvalue weighted by molar-refractivity contribution is 0.103. The number of ketones is 2. The Morgan fingerprint density at radius 2 is 0.800 bits per heavy atom. The highest BCUT2D eigenvalue weighted by molar-refractivity contribution is 6.96. The summed E-state index contributed by atoms with van der Waals surface area (Å²) in [7, 11) is -12.1. The van der Waals surface area contributed by atoms with Crippen LogP contribution in [-0.2, 0) is 16.8 Å². The van der Waals surface area contributed by atoms with Gasteiger partial charge in [-0.1, -0.05) is 80.3 Å². The molecule has 65 heavy (non-hydrogen) atoms. The molecule has 358 valence electrons. The van der Waals surface area contributed by atoms with E-state index in [2.05, 4.69) is 105 Å². The van der Waals surface area contributed by atoms with Crippen molar-refractivity contribution < 1.29 is 35.8 Å². The highest BCUT2D eigenvalue weighted by Crippen LogP contribution is 2.30. The molecular weight excluding hydrogens is 925 g/mol. The van der Waals surface area contributed by atoms with E-state index in [0.29, 0.717) is 41.7 Å². The van der Waals surface area contributed by atoms with Crippen LogP contribution in [0.3, 0.4) is 0 Å². The number of carbonyl (C=O) groups excluding carboxylic acids is 2. The van der Waals surface area contributed by atoms with Gasteiger partial charge >= 0.3 is 8.56 Å². The van der Waals surface area contributed by atoms with E-state index in [9.17, 15) is 9.59 Å². The van der Waals surface area contributed by atoms with Crippen LogP contribution in [0.1, 0.15) is 44.7 Å². The largest absolute Gasteiger partial charge is 0.494 e. The average molecular weight is 1010 g/mol. The van der Waals surface area contributed by atoms with Crippen molar-refractivity contribution in [3.63, 3.8) is 0 Å². The minimum atomic E-state index is -2.36. The van der Waals surface area contributed by atoms with Crippen molar-refractivity contribution in [3.05, 3.63) is 131 Å². The van der Waals surface area contributed by atoms with E-state index in [1.54, 1.807) is 0 Å². The van der Waals surface area contributed by atoms with Crippen molar-refractivity contribution in [2.24, 2.45) is 0 Å². The zero-order chi connectivity index (χ0) is 48.7. The zero-order valence-electron chi connectivity index (χ0n) is 42.8. The topological polar surface area (TPSA) is 89.5 Å². The van der Waals surface area contributed by atoms with Gasteiger partial charge in [-0.2, -0.15) is 0 Å². The average Bonchev–Trinajstić information content (AvgIpc) is 3.18. The smallest absolute Gasteiger partial charge is 0.324 e. The van der Waals surface area contributed by atoms with Crippen molar-refractivity contribution in [1.29, 1.82) is 0 Å². The molecule has 8 nitrogen and oxygen atoms in total. The summed E-state index contributed by atoms with van der Waals surface area (Å²) in [5, 5.41) is 0. The highest BCUT2D eigenvalue weighted by atomic mass is 28.5. The van der Waals surface area contributed by atoms with Crippen molar-refractivity contribution >= 4 is 69.8 Å². The first kappa shape index (κ1) is 56.5. The van der Waals surface area contributed by atoms with Crippen LogP contribution in [0.15, 0.2) is 109 Å². The number of carbonyl (C=O) groups is 2. The lowest BCUT2D eigenvalue weighted by atomic mass is 10.0. The van der Waals surface area contributed by atoms with Crippen molar-refractivity contribution in [3.8, 4) is 11.5 Å². The molecule has 15 heteroatoms. The Labute approximate surface area is 401 Å². The number of ether oxygens (including phenoxy) is 2. The molecule has 0 saturated heterocycles. The molecule has 0 heterocycles. The van der Waals surface area contributed by atoms with Crippen LogP contribution in [0, 0.1) is 0 Å². The summed E-state index contributed by atoms with van der Waals surface area (Å²) in [4.78, 5) is 25.1. The minimum Gasteiger partial charge on any atom is -0.494 e. The molecule has 4 aromatic carbocycles. The molecular formula is C50H82O8Si7. The minimum absolute atomic E-state index is 0.0177. The van der Waals surface area contributed by atoms with Gasteiger partial charge in [0.1, 0.15) is 11.5 Å². The molecule has 2 unspecified atom stereocenters. The second-order valence-corrected chi connectivity index (χ2v) is 54.3. The Balaban J connectivity index is 0.000000349. The number of hydrogen-bond acceptors (Lipinski definition) is 8. The van der Waals surface area contributed by atoms with Gasteiger partial charge in [-0.25, -0.2) is 0 Å². The molecule has 0 radical (unpaired) electrons. The molecule has 0 aliphatic rings. The molecule has 4 rings (SSSR count). The van der Waals surface area contributed by atoms with Gasteiger partial charge in [-0.15, -0.1) is 0 Å². The standard InChI is InChI=1S/C26H44O5Si4.C24H38O3Si3/c1-32(2,3)30-34(7,8)22-29-35(9,31-33(4,5)6)21-13-20-28-25-18-16-24(17-19-25)26(27)23-14-11-10-12-15-23;1-28(2,3)20-30(7,27-29(4,5)6)19-11-18-26-23-16-14-22(15-17-23)24(25)21-12-9-8-10-13-21/h10-12,14-19H,13,20-22H2,1-9H3;8-10,12-17H,11,18-20H2,1-7H3. The lowest BCUT2D eigenvalue weighted by Crippen LogP contribution is -2.53. The number of hydrogen-bond donors (Lipinski definition) is 0. The molecule has 0 spiro atoms. The fourth-order valence-corrected chi connectivity index (χ4v) is 42.2. The quantitative estimate of drug-likeness (QED) is 0.0368. The van der Waals surface area contributed by atoms with Gasteiger partial charge in [-0.05, 0) is 164 Å². The van der Waals surface area contributed by atoms with E-state index < -0.39 is 58.2 Å². The SMILES string of the molecule is C[Si](C)(C)C[Si](C)(CCCOc1ccc(C(=O)c2ccccc2)cc1)O[Si](C)(C)C.C[Si](C)(C)O[Si](C)(C)CO[Si](C)(CCCOc1ccc(C(=O)c2ccccc2)cc1)O[Si](C)(C)C. The van der Waals surface area contributed by atoms with E-state index in [1.165, 1.54) is 5.67 Å². The highest BCUT2D eigenvalue weighted by Gasteiger charge is 2.40. The Hall–Kier alpha value is -2.82. The van der Waals surface area contributed by atoms with Crippen LogP contribution in [0.4, 0.5) is 0 Å². The predicted molar refractivity (Wildman–Crippen MR) is 291 cm³/mol. The Morgan fingerprint density at radius 3 is 1.17 bits per heavy atom. The summed E-state index contributed by atoms with van der Waals surface area (Å²) in [6.45, 7) is 38.0. The number of benzene rings is 4. The van der Waals surface area contributed by atoms with Gasteiger partial charge in [0, 0.05) is 30.3 Å². The van der Waals surface area contributed by atoms with Crippen LogP contribution in [0.5, 0.6) is 11.5 Å². The molecule has 0 aliphatic heterocycles. The second-order valence-electron chi connectivity index (χ2n) is 22.4. The summed E-state index contributed by atoms with van der Waals surface area (Å²) in [5.74, 6) is 1.64. The van der Waals surface area contributed by atoms with E-state index in [4.69, 9.17) is 26.2 Å². The van der Waals surface area contributed by atoms with Gasteiger partial charge < -0.3 is 26.2 Å². The molecule has 4 aromatic rings. The van der Waals surface area contributed by atoms with Crippen LogP contribution >= 0.6 is 0 Å². The van der Waals surface area contributed by atoms with Crippen molar-refractivity contribution in [2.45, 2.75) is 135 Å².